The van der Waals surface area contributed by atoms with Crippen LogP contribution in [0.5, 0.6) is 0 Å². The summed E-state index contributed by atoms with van der Waals surface area (Å²) in [6.07, 6.45) is 0. The van der Waals surface area contributed by atoms with Crippen LogP contribution in [0.1, 0.15) is 0 Å². The summed E-state index contributed by atoms with van der Waals surface area (Å²) in [6.45, 7) is 0. The summed E-state index contributed by atoms with van der Waals surface area (Å²) >= 11 is 0. The number of hydrogen-bond acceptors (Lipinski definition) is 2. The van der Waals surface area contributed by atoms with E-state index >= 15 is 0 Å². The van der Waals surface area contributed by atoms with Gasteiger partial charge in [0.05, 0.1) is 0 Å². The normalized spacial score (nSPS) is 10.8. The molecule has 0 heterocycles. The summed E-state index contributed by atoms with van der Waals surface area (Å²) in [7, 11) is 0. The van der Waals surface area contributed by atoms with Crippen LogP contribution in [0.15, 0.2) is 54.6 Å². The van der Waals surface area contributed by atoms with E-state index in [1.54, 1.807) is 6.07 Å². The molecule has 0 aliphatic carbocycles. The maximum Gasteiger partial charge on any atom is 0.0313 e. The number of anilines is 1. The predicted molar refractivity (Wildman–Crippen MR) is 68.4 cm³/mol. The molecule has 0 spiro atoms. The van der Waals surface area contributed by atoms with Gasteiger partial charge in [0.25, 0.3) is 0 Å². The molecule has 0 bridgehead atoms. The Bertz CT molecular complexity index is 661. The van der Waals surface area contributed by atoms with Gasteiger partial charge in [-0.15, -0.1) is 0 Å². The van der Waals surface area contributed by atoms with Crippen LogP contribution in [-0.2, 0) is 0 Å². The van der Waals surface area contributed by atoms with Gasteiger partial charge in [-0.3, -0.25) is 0 Å². The van der Waals surface area contributed by atoms with Gasteiger partial charge in [0.1, 0.15) is 0 Å². The second-order valence-electron chi connectivity index (χ2n) is 3.83. The van der Waals surface area contributed by atoms with Crippen LogP contribution in [0.2, 0.25) is 0 Å². The molecule has 0 atom stereocenters. The minimum absolute atomic E-state index is 0.628. The largest absolute Gasteiger partial charge is 0.761 e. The lowest BCUT2D eigenvalue weighted by molar-refractivity contribution is 1.66. The zero-order valence-electron chi connectivity index (χ0n) is 8.60. The third-order valence-corrected chi connectivity index (χ3v) is 2.86. The molecule has 3 aromatic rings. The molecule has 0 aromatic heterocycles. The molecule has 1 N–H and O–H groups in total. The van der Waals surface area contributed by atoms with Crippen molar-refractivity contribution in [3.63, 3.8) is 0 Å². The first kappa shape index (κ1) is 9.19. The van der Waals surface area contributed by atoms with E-state index in [0.29, 0.717) is 5.69 Å². The Hall–Kier alpha value is -2.06. The molecule has 0 saturated heterocycles. The monoisotopic (exact) mass is 208 g/mol. The van der Waals surface area contributed by atoms with Gasteiger partial charge in [-0.2, -0.15) is 0 Å². The van der Waals surface area contributed by atoms with E-state index in [1.807, 2.05) is 35.8 Å². The average Bonchev–Trinajstić information content (AvgIpc) is 2.35. The summed E-state index contributed by atoms with van der Waals surface area (Å²) in [4.78, 5) is 0. The number of hydrogen-bond donors (Lipinski definition) is 1. The molecule has 0 aliphatic heterocycles. The lowest BCUT2D eigenvalue weighted by Gasteiger charge is -2.13. The van der Waals surface area contributed by atoms with Gasteiger partial charge in [-0.25, -0.2) is 0 Å². The van der Waals surface area contributed by atoms with Crippen molar-refractivity contribution >= 4 is 27.2 Å². The summed E-state index contributed by atoms with van der Waals surface area (Å²) in [5, 5.41) is 15.2. The molecule has 2 nitrogen and oxygen atoms in total. The Labute approximate surface area is 93.1 Å². The maximum absolute atomic E-state index is 10.8. The molecule has 3 aromatic carbocycles. The summed E-state index contributed by atoms with van der Waals surface area (Å²) in [6, 6.07) is 18.0. The van der Waals surface area contributed by atoms with Gasteiger partial charge >= 0.3 is 0 Å². The smallest absolute Gasteiger partial charge is 0.0313 e. The third-order valence-electron chi connectivity index (χ3n) is 2.86. The molecule has 0 aliphatic rings. The van der Waals surface area contributed by atoms with Crippen molar-refractivity contribution in [1.29, 1.82) is 0 Å². The van der Waals surface area contributed by atoms with Gasteiger partial charge in [0.2, 0.25) is 0 Å². The van der Waals surface area contributed by atoms with Crippen molar-refractivity contribution in [3.05, 3.63) is 59.8 Å². The Balaban J connectivity index is 2.46. The third kappa shape index (κ3) is 1.32. The molecule has 2 heteroatoms. The lowest BCUT2D eigenvalue weighted by atomic mass is 10.0. The Morgan fingerprint density at radius 2 is 1.44 bits per heavy atom. The van der Waals surface area contributed by atoms with E-state index in [-0.39, 0.29) is 0 Å². The fraction of sp³-hybridized carbons (Fsp3) is 0. The van der Waals surface area contributed by atoms with Gasteiger partial charge < -0.3 is 10.7 Å². The molecule has 0 unspecified atom stereocenters. The zero-order chi connectivity index (χ0) is 11.0. The maximum atomic E-state index is 10.8. The summed E-state index contributed by atoms with van der Waals surface area (Å²) in [5.74, 6) is 0. The van der Waals surface area contributed by atoms with Gasteiger partial charge in [0, 0.05) is 11.1 Å². The van der Waals surface area contributed by atoms with Crippen molar-refractivity contribution in [2.45, 2.75) is 0 Å². The second-order valence-corrected chi connectivity index (χ2v) is 3.83. The first-order valence-electron chi connectivity index (χ1n) is 5.18. The van der Waals surface area contributed by atoms with Crippen molar-refractivity contribution in [2.24, 2.45) is 0 Å². The van der Waals surface area contributed by atoms with E-state index in [4.69, 9.17) is 0 Å². The first-order valence-corrected chi connectivity index (χ1v) is 5.18. The van der Waals surface area contributed by atoms with Crippen LogP contribution in [0.3, 0.4) is 0 Å². The van der Waals surface area contributed by atoms with Gasteiger partial charge in [0.15, 0.2) is 0 Å². The summed E-state index contributed by atoms with van der Waals surface area (Å²) in [5.41, 5.74) is 2.61. The molecule has 78 valence electrons. The fourth-order valence-corrected chi connectivity index (χ4v) is 2.06. The predicted octanol–water partition coefficient (Wildman–Crippen LogP) is 3.90. The SMILES string of the molecule is [O-]Nc1cccc2cc3ccccc3cc12. The molecule has 3 rings (SSSR count). The zero-order valence-corrected chi connectivity index (χ0v) is 8.60. The molecular weight excluding hydrogens is 198 g/mol. The molecule has 16 heavy (non-hydrogen) atoms. The minimum Gasteiger partial charge on any atom is -0.761 e. The molecule has 0 saturated carbocycles. The van der Waals surface area contributed by atoms with Crippen LogP contribution in [0.4, 0.5) is 5.69 Å². The highest BCUT2D eigenvalue weighted by molar-refractivity contribution is 6.03. The number of fused-ring (bicyclic) bond motifs is 2. The van der Waals surface area contributed by atoms with Crippen LogP contribution < -0.4 is 5.48 Å². The fourth-order valence-electron chi connectivity index (χ4n) is 2.06. The highest BCUT2D eigenvalue weighted by atomic mass is 16.5. The van der Waals surface area contributed by atoms with Crippen LogP contribution in [-0.4, -0.2) is 0 Å². The van der Waals surface area contributed by atoms with Crippen molar-refractivity contribution in [1.82, 2.24) is 0 Å². The molecule has 0 amide bonds. The number of rotatable bonds is 1. The molecule has 0 fully saturated rings. The van der Waals surface area contributed by atoms with Crippen LogP contribution in [0.25, 0.3) is 21.5 Å². The number of benzene rings is 3. The van der Waals surface area contributed by atoms with Crippen LogP contribution >= 0.6 is 0 Å². The lowest BCUT2D eigenvalue weighted by Crippen LogP contribution is -1.86. The Morgan fingerprint density at radius 1 is 0.750 bits per heavy atom. The van der Waals surface area contributed by atoms with Gasteiger partial charge in [-0.05, 0) is 34.4 Å². The van der Waals surface area contributed by atoms with E-state index in [1.165, 1.54) is 5.39 Å². The Kier molecular flexibility index (Phi) is 2.01. The second kappa shape index (κ2) is 3.51. The van der Waals surface area contributed by atoms with Gasteiger partial charge in [-0.1, -0.05) is 36.4 Å². The first-order chi connectivity index (χ1) is 7.88. The highest BCUT2D eigenvalue weighted by Gasteiger charge is 1.99. The van der Waals surface area contributed by atoms with E-state index in [2.05, 4.69) is 18.2 Å². The van der Waals surface area contributed by atoms with Crippen molar-refractivity contribution in [2.75, 3.05) is 5.48 Å². The molecular formula is C14H10NO-. The molecule has 0 radical (unpaired) electrons. The minimum atomic E-state index is 0.628. The average molecular weight is 208 g/mol. The Morgan fingerprint density at radius 3 is 2.19 bits per heavy atom. The highest BCUT2D eigenvalue weighted by Crippen LogP contribution is 2.27. The van der Waals surface area contributed by atoms with Crippen LogP contribution in [0, 0.1) is 5.21 Å². The standard InChI is InChI=1S/C14H10NO/c16-15-14-7-3-6-12-8-10-4-1-2-5-11(10)9-13(12)14/h1-9,15H/q-1. The summed E-state index contributed by atoms with van der Waals surface area (Å²) < 4.78 is 0. The van der Waals surface area contributed by atoms with E-state index in [9.17, 15) is 5.21 Å². The quantitative estimate of drug-likeness (QED) is 0.486. The van der Waals surface area contributed by atoms with Crippen molar-refractivity contribution in [3.8, 4) is 0 Å². The number of nitrogens with one attached hydrogen (secondary N) is 1. The van der Waals surface area contributed by atoms with E-state index < -0.39 is 0 Å². The van der Waals surface area contributed by atoms with Crippen molar-refractivity contribution < 1.29 is 0 Å². The van der Waals surface area contributed by atoms with E-state index in [0.717, 1.165) is 16.2 Å². The topological polar surface area (TPSA) is 35.1 Å².